The number of carbonyl (C=O) groups excluding carboxylic acids is 3. The van der Waals surface area contributed by atoms with Gasteiger partial charge in [0.05, 0.1) is 4.87 Å². The molecule has 2 aliphatic rings. The van der Waals surface area contributed by atoms with Crippen molar-refractivity contribution in [2.75, 3.05) is 12.4 Å². The second kappa shape index (κ2) is 6.28. The molecule has 1 amide bonds. The molecule has 5 nitrogen and oxygen atoms in total. The lowest BCUT2D eigenvalue weighted by Gasteiger charge is -2.29. The summed E-state index contributed by atoms with van der Waals surface area (Å²) in [7, 11) is 0. The van der Waals surface area contributed by atoms with Crippen LogP contribution in [0.5, 0.6) is 0 Å². The Kier molecular flexibility index (Phi) is 4.51. The molecule has 0 aliphatic carbocycles. The van der Waals surface area contributed by atoms with Crippen molar-refractivity contribution in [3.8, 4) is 0 Å². The van der Waals surface area contributed by atoms with Crippen molar-refractivity contribution >= 4 is 45.4 Å². The molecule has 2 saturated heterocycles. The molecule has 1 aromatic rings. The van der Waals surface area contributed by atoms with Crippen molar-refractivity contribution in [1.82, 2.24) is 4.90 Å². The first kappa shape index (κ1) is 16.5. The van der Waals surface area contributed by atoms with Crippen LogP contribution in [0.15, 0.2) is 28.7 Å². The number of halogens is 1. The highest BCUT2D eigenvalue weighted by molar-refractivity contribution is 9.10. The number of rotatable bonds is 4. The summed E-state index contributed by atoms with van der Waals surface area (Å²) in [4.78, 5) is 37.6. The fourth-order valence-corrected chi connectivity index (χ4v) is 4.63. The van der Waals surface area contributed by atoms with Crippen molar-refractivity contribution in [2.24, 2.45) is 0 Å². The fraction of sp³-hybridized carbons (Fsp3) is 0.438. The predicted molar refractivity (Wildman–Crippen MR) is 90.2 cm³/mol. The lowest BCUT2D eigenvalue weighted by Crippen LogP contribution is -2.46. The number of Topliss-reactive ketones (excluding diaryl/α,β-unsaturated/α-hetero) is 1. The van der Waals surface area contributed by atoms with Crippen LogP contribution in [0.2, 0.25) is 0 Å². The minimum Gasteiger partial charge on any atom is -0.456 e. The Bertz CT molecular complexity index is 663. The average molecular weight is 398 g/mol. The first-order chi connectivity index (χ1) is 10.9. The van der Waals surface area contributed by atoms with Gasteiger partial charge in [-0.2, -0.15) is 0 Å². The number of thioether (sulfide) groups is 1. The molecule has 0 unspecified atom stereocenters. The van der Waals surface area contributed by atoms with E-state index in [9.17, 15) is 14.4 Å². The van der Waals surface area contributed by atoms with Crippen LogP contribution in [0.1, 0.15) is 30.1 Å². The Labute approximate surface area is 146 Å². The molecule has 7 heteroatoms. The second-order valence-electron chi connectivity index (χ2n) is 5.80. The molecule has 2 aliphatic heterocycles. The molecular formula is C16H16BrNO4S. The molecule has 1 aromatic carbocycles. The van der Waals surface area contributed by atoms with Gasteiger partial charge in [-0.15, -0.1) is 11.8 Å². The van der Waals surface area contributed by atoms with E-state index in [0.29, 0.717) is 17.7 Å². The van der Waals surface area contributed by atoms with Gasteiger partial charge < -0.3 is 9.64 Å². The molecule has 3 rings (SSSR count). The zero-order valence-corrected chi connectivity index (χ0v) is 15.0. The summed E-state index contributed by atoms with van der Waals surface area (Å²) in [6, 6.07) is 6.28. The normalized spacial score (nSPS) is 26.3. The smallest absolute Gasteiger partial charge is 0.330 e. The molecule has 0 spiro atoms. The van der Waals surface area contributed by atoms with Crippen molar-refractivity contribution < 1.29 is 19.1 Å². The average Bonchev–Trinajstić information content (AvgIpc) is 3.02. The molecule has 0 saturated carbocycles. The number of fused-ring (bicyclic) bond motifs is 1. The first-order valence-electron chi connectivity index (χ1n) is 7.32. The molecule has 2 heterocycles. The van der Waals surface area contributed by atoms with Crippen molar-refractivity contribution in [3.05, 3.63) is 34.3 Å². The van der Waals surface area contributed by atoms with E-state index in [4.69, 9.17) is 4.74 Å². The van der Waals surface area contributed by atoms with Crippen molar-refractivity contribution in [1.29, 1.82) is 0 Å². The number of nitrogens with zero attached hydrogens (tertiary/aromatic N) is 1. The summed E-state index contributed by atoms with van der Waals surface area (Å²) in [5.74, 6) is -0.249. The maximum absolute atomic E-state index is 12.3. The molecule has 0 radical (unpaired) electrons. The number of carbonyl (C=O) groups is 3. The SMILES string of the molecule is C[C@@]12CCC(=O)N1[C@@H](C(=O)OCC(=O)c1ccc(Br)cc1)CS2. The van der Waals surface area contributed by atoms with E-state index in [1.165, 1.54) is 0 Å². The van der Waals surface area contributed by atoms with Crippen molar-refractivity contribution in [2.45, 2.75) is 30.7 Å². The zero-order chi connectivity index (χ0) is 16.6. The number of ether oxygens (including phenoxy) is 1. The second-order valence-corrected chi connectivity index (χ2v) is 8.22. The van der Waals surface area contributed by atoms with E-state index in [1.54, 1.807) is 40.9 Å². The molecule has 122 valence electrons. The number of ketones is 1. The van der Waals surface area contributed by atoms with Gasteiger partial charge in [-0.3, -0.25) is 9.59 Å². The third kappa shape index (κ3) is 3.17. The number of amides is 1. The van der Waals surface area contributed by atoms with E-state index in [-0.39, 0.29) is 23.2 Å². The van der Waals surface area contributed by atoms with Crippen LogP contribution in [0.25, 0.3) is 0 Å². The third-order valence-corrected chi connectivity index (χ3v) is 6.26. The largest absolute Gasteiger partial charge is 0.456 e. The summed E-state index contributed by atoms with van der Waals surface area (Å²) < 4.78 is 6.04. The van der Waals surface area contributed by atoms with Gasteiger partial charge in [0.2, 0.25) is 5.91 Å². The highest BCUT2D eigenvalue weighted by Crippen LogP contribution is 2.47. The van der Waals surface area contributed by atoms with E-state index in [1.807, 2.05) is 6.92 Å². The summed E-state index contributed by atoms with van der Waals surface area (Å²) in [6.45, 7) is 1.67. The van der Waals surface area contributed by atoms with Crippen LogP contribution in [0, 0.1) is 0 Å². The Morgan fingerprint density at radius 2 is 2.09 bits per heavy atom. The van der Waals surface area contributed by atoms with Crippen LogP contribution in [0.4, 0.5) is 0 Å². The molecule has 2 fully saturated rings. The highest BCUT2D eigenvalue weighted by Gasteiger charge is 2.53. The Balaban J connectivity index is 1.60. The molecule has 0 aromatic heterocycles. The van der Waals surface area contributed by atoms with Gasteiger partial charge >= 0.3 is 5.97 Å². The molecule has 2 atom stereocenters. The van der Waals surface area contributed by atoms with E-state index >= 15 is 0 Å². The number of hydrogen-bond acceptors (Lipinski definition) is 5. The lowest BCUT2D eigenvalue weighted by atomic mass is 10.1. The summed E-state index contributed by atoms with van der Waals surface area (Å²) in [6.07, 6.45) is 1.21. The fourth-order valence-electron chi connectivity index (χ4n) is 2.95. The predicted octanol–water partition coefficient (Wildman–Crippen LogP) is 2.63. The van der Waals surface area contributed by atoms with Gasteiger partial charge in [-0.1, -0.05) is 28.1 Å². The van der Waals surface area contributed by atoms with Gasteiger partial charge in [0.1, 0.15) is 6.04 Å². The standard InChI is InChI=1S/C16H16BrNO4S/c1-16-7-6-14(20)18(16)12(9-23-16)15(21)22-8-13(19)10-2-4-11(17)5-3-10/h2-5,12H,6-9H2,1H3/t12-,16-/m1/s1. The molecule has 23 heavy (non-hydrogen) atoms. The Morgan fingerprint density at radius 1 is 1.39 bits per heavy atom. The van der Waals surface area contributed by atoms with Crippen LogP contribution >= 0.6 is 27.7 Å². The maximum atomic E-state index is 12.3. The van der Waals surface area contributed by atoms with E-state index in [0.717, 1.165) is 10.9 Å². The van der Waals surface area contributed by atoms with Gasteiger partial charge in [-0.25, -0.2) is 4.79 Å². The third-order valence-electron chi connectivity index (χ3n) is 4.23. The number of benzene rings is 1. The number of esters is 1. The van der Waals surface area contributed by atoms with Crippen LogP contribution in [-0.2, 0) is 14.3 Å². The summed E-state index contributed by atoms with van der Waals surface area (Å²) in [5, 5.41) is 0. The maximum Gasteiger partial charge on any atom is 0.330 e. The van der Waals surface area contributed by atoms with Gasteiger partial charge in [-0.05, 0) is 25.5 Å². The first-order valence-corrected chi connectivity index (χ1v) is 9.10. The van der Waals surface area contributed by atoms with Crippen molar-refractivity contribution in [3.63, 3.8) is 0 Å². The Hall–Kier alpha value is -1.34. The summed E-state index contributed by atoms with van der Waals surface area (Å²) >= 11 is 4.90. The topological polar surface area (TPSA) is 63.7 Å². The van der Waals surface area contributed by atoms with Gasteiger partial charge in [0.15, 0.2) is 12.4 Å². The molecule has 0 bridgehead atoms. The monoisotopic (exact) mass is 397 g/mol. The van der Waals surface area contributed by atoms with Gasteiger partial charge in [0.25, 0.3) is 0 Å². The highest BCUT2D eigenvalue weighted by atomic mass is 79.9. The minimum atomic E-state index is -0.585. The quantitative estimate of drug-likeness (QED) is 0.577. The number of hydrogen-bond donors (Lipinski definition) is 0. The zero-order valence-electron chi connectivity index (χ0n) is 12.6. The van der Waals surface area contributed by atoms with Crippen LogP contribution in [-0.4, -0.2) is 45.8 Å². The van der Waals surface area contributed by atoms with Crippen LogP contribution in [0.3, 0.4) is 0 Å². The van der Waals surface area contributed by atoms with E-state index in [2.05, 4.69) is 15.9 Å². The Morgan fingerprint density at radius 3 is 2.78 bits per heavy atom. The van der Waals surface area contributed by atoms with Crippen LogP contribution < -0.4 is 0 Å². The molecular weight excluding hydrogens is 382 g/mol. The minimum absolute atomic E-state index is 0.0151. The lowest BCUT2D eigenvalue weighted by molar-refractivity contribution is -0.152. The van der Waals surface area contributed by atoms with Gasteiger partial charge in [0, 0.05) is 22.2 Å². The summed E-state index contributed by atoms with van der Waals surface area (Å²) in [5.41, 5.74) is 0.490. The molecule has 0 N–H and O–H groups in total. The van der Waals surface area contributed by atoms with E-state index < -0.39 is 12.0 Å².